The molecule has 5 nitrogen and oxygen atoms in total. The van der Waals surface area contributed by atoms with Crippen LogP contribution < -0.4 is 10.6 Å². The average Bonchev–Trinajstić information content (AvgIpc) is 3.03. The molecule has 2 aromatic rings. The minimum absolute atomic E-state index is 0. The van der Waals surface area contributed by atoms with Gasteiger partial charge in [-0.2, -0.15) is 0 Å². The third-order valence-corrected chi connectivity index (χ3v) is 4.27. The van der Waals surface area contributed by atoms with Gasteiger partial charge in [-0.25, -0.2) is 4.98 Å². The van der Waals surface area contributed by atoms with Crippen LogP contribution in [0.4, 0.5) is 0 Å². The number of hydrogen-bond acceptors (Lipinski definition) is 3. The molecule has 0 radical (unpaired) electrons. The molecule has 1 atom stereocenters. The van der Waals surface area contributed by atoms with Crippen LogP contribution in [0.25, 0.3) is 0 Å². The van der Waals surface area contributed by atoms with Crippen molar-refractivity contribution in [3.63, 3.8) is 0 Å². The molecule has 2 heterocycles. The van der Waals surface area contributed by atoms with Gasteiger partial charge in [0.15, 0.2) is 5.96 Å². The molecule has 0 fully saturated rings. The third-order valence-electron chi connectivity index (χ3n) is 3.25. The molecule has 2 aromatic heterocycles. The minimum atomic E-state index is 0. The summed E-state index contributed by atoms with van der Waals surface area (Å²) in [6, 6.07) is 4.69. The topological polar surface area (TPSA) is 54.2 Å². The number of aryl methyl sites for hydroxylation is 2. The number of aromatic nitrogens is 2. The highest BCUT2D eigenvalue weighted by Gasteiger charge is 2.08. The molecule has 7 heteroatoms. The van der Waals surface area contributed by atoms with Crippen molar-refractivity contribution >= 4 is 41.3 Å². The number of nitrogens with zero attached hydrogens (tertiary/aromatic N) is 3. The van der Waals surface area contributed by atoms with E-state index in [4.69, 9.17) is 0 Å². The zero-order valence-corrected chi connectivity index (χ0v) is 16.6. The van der Waals surface area contributed by atoms with Crippen LogP contribution in [0.15, 0.2) is 29.5 Å². The maximum absolute atomic E-state index is 4.29. The van der Waals surface area contributed by atoms with E-state index in [9.17, 15) is 0 Å². The van der Waals surface area contributed by atoms with Gasteiger partial charge in [0.25, 0.3) is 0 Å². The lowest BCUT2D eigenvalue weighted by atomic mass is 10.2. The van der Waals surface area contributed by atoms with E-state index in [1.165, 1.54) is 9.75 Å². The standard InChI is InChI=1S/C15H23N5S.HI/c1-11(9-13-6-5-12(2)21-13)19-15(16-3)18-10-14-17-7-8-20(14)4;/h5-8,11H,9-10H2,1-4H3,(H2,16,18,19);1H. The minimum Gasteiger partial charge on any atom is -0.354 e. The Kier molecular flexibility index (Phi) is 7.88. The summed E-state index contributed by atoms with van der Waals surface area (Å²) in [4.78, 5) is 11.3. The molecule has 122 valence electrons. The maximum atomic E-state index is 4.29. The molecule has 0 aliphatic heterocycles. The lowest BCUT2D eigenvalue weighted by Crippen LogP contribution is -2.42. The van der Waals surface area contributed by atoms with Crippen LogP contribution in [0.1, 0.15) is 22.5 Å². The molecule has 0 bridgehead atoms. The quantitative estimate of drug-likeness (QED) is 0.433. The number of rotatable bonds is 5. The molecular weight excluding hydrogens is 409 g/mol. The highest BCUT2D eigenvalue weighted by Crippen LogP contribution is 2.16. The molecule has 0 amide bonds. The summed E-state index contributed by atoms with van der Waals surface area (Å²) in [7, 11) is 3.78. The van der Waals surface area contributed by atoms with Gasteiger partial charge >= 0.3 is 0 Å². The fraction of sp³-hybridized carbons (Fsp3) is 0.467. The van der Waals surface area contributed by atoms with E-state index in [1.54, 1.807) is 13.2 Å². The molecule has 0 aliphatic carbocycles. The fourth-order valence-corrected chi connectivity index (χ4v) is 3.12. The van der Waals surface area contributed by atoms with E-state index < -0.39 is 0 Å². The fourth-order valence-electron chi connectivity index (χ4n) is 2.11. The highest BCUT2D eigenvalue weighted by atomic mass is 127. The van der Waals surface area contributed by atoms with Crippen molar-refractivity contribution in [3.8, 4) is 0 Å². The summed E-state index contributed by atoms with van der Waals surface area (Å²) >= 11 is 1.85. The predicted molar refractivity (Wildman–Crippen MR) is 104 cm³/mol. The predicted octanol–water partition coefficient (Wildman–Crippen LogP) is 2.70. The van der Waals surface area contributed by atoms with Crippen LogP contribution in [0.5, 0.6) is 0 Å². The van der Waals surface area contributed by atoms with Crippen LogP contribution in [-0.2, 0) is 20.0 Å². The van der Waals surface area contributed by atoms with Crippen molar-refractivity contribution in [3.05, 3.63) is 40.1 Å². The SMILES string of the molecule is CN=C(NCc1nccn1C)NC(C)Cc1ccc(C)s1.I. The number of hydrogen-bond donors (Lipinski definition) is 2. The second-order valence-electron chi connectivity index (χ2n) is 5.14. The molecule has 2 N–H and O–H groups in total. The molecule has 22 heavy (non-hydrogen) atoms. The molecule has 1 unspecified atom stereocenters. The maximum Gasteiger partial charge on any atom is 0.191 e. The monoisotopic (exact) mass is 433 g/mol. The lowest BCUT2D eigenvalue weighted by molar-refractivity contribution is 0.637. The van der Waals surface area contributed by atoms with Crippen molar-refractivity contribution < 1.29 is 0 Å². The average molecular weight is 433 g/mol. The summed E-state index contributed by atoms with van der Waals surface area (Å²) in [5.41, 5.74) is 0. The first-order chi connectivity index (χ1) is 10.1. The molecule has 2 rings (SSSR count). The van der Waals surface area contributed by atoms with Gasteiger partial charge in [-0.15, -0.1) is 35.3 Å². The number of nitrogens with one attached hydrogen (secondary N) is 2. The lowest BCUT2D eigenvalue weighted by Gasteiger charge is -2.17. The largest absolute Gasteiger partial charge is 0.354 e. The molecule has 0 spiro atoms. The molecule has 0 aromatic carbocycles. The zero-order chi connectivity index (χ0) is 15.2. The zero-order valence-electron chi connectivity index (χ0n) is 13.5. The Labute approximate surface area is 153 Å². The van der Waals surface area contributed by atoms with E-state index in [0.717, 1.165) is 18.2 Å². The number of aliphatic imine (C=N–C) groups is 1. The smallest absolute Gasteiger partial charge is 0.191 e. The van der Waals surface area contributed by atoms with Crippen molar-refractivity contribution in [2.75, 3.05) is 7.05 Å². The van der Waals surface area contributed by atoms with Crippen LogP contribution in [0.2, 0.25) is 0 Å². The molecule has 0 saturated carbocycles. The van der Waals surface area contributed by atoms with E-state index in [0.29, 0.717) is 12.6 Å². The van der Waals surface area contributed by atoms with Gasteiger partial charge < -0.3 is 15.2 Å². The summed E-state index contributed by atoms with van der Waals surface area (Å²) in [5, 5.41) is 6.71. The second kappa shape index (κ2) is 9.14. The van der Waals surface area contributed by atoms with E-state index >= 15 is 0 Å². The van der Waals surface area contributed by atoms with Gasteiger partial charge in [0, 0.05) is 48.7 Å². The number of imidazole rings is 1. The highest BCUT2D eigenvalue weighted by molar-refractivity contribution is 14.0. The van der Waals surface area contributed by atoms with Crippen molar-refractivity contribution in [1.29, 1.82) is 0 Å². The van der Waals surface area contributed by atoms with E-state index in [2.05, 4.69) is 46.6 Å². The van der Waals surface area contributed by atoms with Crippen LogP contribution in [0.3, 0.4) is 0 Å². The first kappa shape index (κ1) is 19.0. The third kappa shape index (κ3) is 5.60. The first-order valence-corrected chi connectivity index (χ1v) is 7.89. The Morgan fingerprint density at radius 1 is 1.45 bits per heavy atom. The van der Waals surface area contributed by atoms with Gasteiger partial charge in [0.05, 0.1) is 6.54 Å². The molecular formula is C15H24IN5S. The Morgan fingerprint density at radius 3 is 2.77 bits per heavy atom. The summed E-state index contributed by atoms with van der Waals surface area (Å²) in [6.07, 6.45) is 4.74. The number of halogens is 1. The normalized spacial score (nSPS) is 12.6. The molecule has 0 saturated heterocycles. The van der Waals surface area contributed by atoms with Crippen LogP contribution >= 0.6 is 35.3 Å². The summed E-state index contributed by atoms with van der Waals surface area (Å²) in [6.45, 7) is 4.97. The van der Waals surface area contributed by atoms with Gasteiger partial charge in [-0.05, 0) is 26.0 Å². The number of thiophene rings is 1. The van der Waals surface area contributed by atoms with Gasteiger partial charge in [0.1, 0.15) is 5.82 Å². The Bertz CT molecular complexity index is 605. The van der Waals surface area contributed by atoms with Crippen molar-refractivity contribution in [2.45, 2.75) is 32.9 Å². The first-order valence-electron chi connectivity index (χ1n) is 7.07. The second-order valence-corrected chi connectivity index (χ2v) is 6.51. The number of guanidine groups is 1. The van der Waals surface area contributed by atoms with Crippen LogP contribution in [0, 0.1) is 6.92 Å². The van der Waals surface area contributed by atoms with Gasteiger partial charge in [0.2, 0.25) is 0 Å². The van der Waals surface area contributed by atoms with Gasteiger partial charge in [-0.1, -0.05) is 0 Å². The summed E-state index contributed by atoms with van der Waals surface area (Å²) < 4.78 is 2.00. The molecule has 0 aliphatic rings. The Hall–Kier alpha value is -1.09. The Balaban J connectivity index is 0.00000242. The van der Waals surface area contributed by atoms with Crippen molar-refractivity contribution in [1.82, 2.24) is 20.2 Å². The van der Waals surface area contributed by atoms with Gasteiger partial charge in [-0.3, -0.25) is 4.99 Å². The van der Waals surface area contributed by atoms with Crippen LogP contribution in [-0.4, -0.2) is 28.6 Å². The van der Waals surface area contributed by atoms with E-state index in [1.807, 2.05) is 29.1 Å². The van der Waals surface area contributed by atoms with E-state index in [-0.39, 0.29) is 24.0 Å². The summed E-state index contributed by atoms with van der Waals surface area (Å²) in [5.74, 6) is 1.79. The Morgan fingerprint density at radius 2 is 2.23 bits per heavy atom. The van der Waals surface area contributed by atoms with Crippen molar-refractivity contribution in [2.24, 2.45) is 12.0 Å².